The van der Waals surface area contributed by atoms with E-state index in [2.05, 4.69) is 18.7 Å². The number of hydrogen-bond acceptors (Lipinski definition) is 4. The molecule has 0 aliphatic heterocycles. The Morgan fingerprint density at radius 2 is 1.70 bits per heavy atom. The zero-order chi connectivity index (χ0) is 20.4. The highest BCUT2D eigenvalue weighted by atomic mass is 19.2. The number of benzene rings is 1. The van der Waals surface area contributed by atoms with Crippen LogP contribution >= 0.6 is 0 Å². The fraction of sp³-hybridized carbons (Fsp3) is 0.600. The minimum atomic E-state index is -1.07. The van der Waals surface area contributed by atoms with Crippen molar-refractivity contribution in [3.05, 3.63) is 35.4 Å². The fourth-order valence-corrected chi connectivity index (χ4v) is 2.87. The maximum absolute atomic E-state index is 13.5. The van der Waals surface area contributed by atoms with Crippen LogP contribution in [0.25, 0.3) is 0 Å². The first kappa shape index (κ1) is 23.0. The zero-order valence-corrected chi connectivity index (χ0v) is 16.6. The van der Waals surface area contributed by atoms with Gasteiger partial charge in [0.15, 0.2) is 11.6 Å². The molecule has 0 aromatic heterocycles. The van der Waals surface area contributed by atoms with Gasteiger partial charge in [-0.25, -0.2) is 8.78 Å². The molecular formula is C20H30F2N2O3. The SMILES string of the molecule is CCN(CC)CCCCN(CC(C)C(=O)OC)C(=O)c1ccc(F)c(F)c1. The van der Waals surface area contributed by atoms with Crippen molar-refractivity contribution in [3.8, 4) is 0 Å². The zero-order valence-electron chi connectivity index (χ0n) is 16.6. The van der Waals surface area contributed by atoms with Gasteiger partial charge in [0.25, 0.3) is 5.91 Å². The standard InChI is InChI=1S/C20H30F2N2O3/c1-5-23(6-2)11-7-8-12-24(14-15(3)20(26)27-4)19(25)16-9-10-17(21)18(22)13-16/h9-10,13,15H,5-8,11-12,14H2,1-4H3. The van der Waals surface area contributed by atoms with Crippen LogP contribution < -0.4 is 0 Å². The van der Waals surface area contributed by atoms with Gasteiger partial charge in [0.05, 0.1) is 13.0 Å². The molecule has 0 aliphatic rings. The number of amides is 1. The van der Waals surface area contributed by atoms with Gasteiger partial charge in [-0.1, -0.05) is 20.8 Å². The summed E-state index contributed by atoms with van der Waals surface area (Å²) in [6, 6.07) is 3.08. The third-order valence-corrected chi connectivity index (χ3v) is 4.60. The van der Waals surface area contributed by atoms with Gasteiger partial charge in [0.2, 0.25) is 0 Å². The fourth-order valence-electron chi connectivity index (χ4n) is 2.87. The Labute approximate surface area is 160 Å². The molecule has 1 aromatic rings. The Morgan fingerprint density at radius 3 is 2.26 bits per heavy atom. The average Bonchev–Trinajstić information content (AvgIpc) is 2.67. The molecule has 0 N–H and O–H groups in total. The number of carbonyl (C=O) groups is 2. The molecule has 1 atom stereocenters. The van der Waals surface area contributed by atoms with Crippen LogP contribution in [0.5, 0.6) is 0 Å². The summed E-state index contributed by atoms with van der Waals surface area (Å²) in [6.07, 6.45) is 1.65. The Bertz CT molecular complexity index is 621. The van der Waals surface area contributed by atoms with Crippen molar-refractivity contribution in [2.24, 2.45) is 5.92 Å². The highest BCUT2D eigenvalue weighted by Crippen LogP contribution is 2.14. The molecule has 0 spiro atoms. The van der Waals surface area contributed by atoms with Gasteiger partial charge in [0, 0.05) is 18.7 Å². The topological polar surface area (TPSA) is 49.9 Å². The minimum Gasteiger partial charge on any atom is -0.469 e. The molecular weight excluding hydrogens is 354 g/mol. The molecule has 0 radical (unpaired) electrons. The minimum absolute atomic E-state index is 0.0645. The van der Waals surface area contributed by atoms with Crippen LogP contribution in [0, 0.1) is 17.6 Å². The molecule has 1 unspecified atom stereocenters. The number of ether oxygens (including phenoxy) is 1. The average molecular weight is 384 g/mol. The number of carbonyl (C=O) groups excluding carboxylic acids is 2. The molecule has 1 aromatic carbocycles. The van der Waals surface area contributed by atoms with E-state index < -0.39 is 29.4 Å². The van der Waals surface area contributed by atoms with Crippen molar-refractivity contribution in [1.29, 1.82) is 0 Å². The van der Waals surface area contributed by atoms with E-state index in [0.29, 0.717) is 6.54 Å². The summed E-state index contributed by atoms with van der Waals surface area (Å²) in [6.45, 7) is 9.32. The number of unbranched alkanes of at least 4 members (excludes halogenated alkanes) is 1. The second kappa shape index (κ2) is 11.6. The molecule has 1 amide bonds. The normalized spacial score (nSPS) is 12.1. The third-order valence-electron chi connectivity index (χ3n) is 4.60. The van der Waals surface area contributed by atoms with E-state index in [9.17, 15) is 18.4 Å². The third kappa shape index (κ3) is 7.25. The molecule has 152 valence electrons. The molecule has 7 heteroatoms. The summed E-state index contributed by atoms with van der Waals surface area (Å²) in [5.41, 5.74) is 0.0645. The van der Waals surface area contributed by atoms with Crippen LogP contribution in [0.15, 0.2) is 18.2 Å². The first-order chi connectivity index (χ1) is 12.8. The lowest BCUT2D eigenvalue weighted by Crippen LogP contribution is -2.38. The summed E-state index contributed by atoms with van der Waals surface area (Å²) in [5, 5.41) is 0. The first-order valence-electron chi connectivity index (χ1n) is 9.38. The van der Waals surface area contributed by atoms with E-state index in [0.717, 1.165) is 44.6 Å². The van der Waals surface area contributed by atoms with E-state index in [1.807, 2.05) is 0 Å². The van der Waals surface area contributed by atoms with Gasteiger partial charge in [0.1, 0.15) is 0 Å². The van der Waals surface area contributed by atoms with Crippen LogP contribution in [0.4, 0.5) is 8.78 Å². The van der Waals surface area contributed by atoms with Gasteiger partial charge in [-0.05, 0) is 50.7 Å². The summed E-state index contributed by atoms with van der Waals surface area (Å²) in [5.74, 6) is -3.41. The van der Waals surface area contributed by atoms with Gasteiger partial charge >= 0.3 is 5.97 Å². The summed E-state index contributed by atoms with van der Waals surface area (Å²) >= 11 is 0. The molecule has 0 fully saturated rings. The number of hydrogen-bond donors (Lipinski definition) is 0. The summed E-state index contributed by atoms with van der Waals surface area (Å²) < 4.78 is 31.4. The van der Waals surface area contributed by atoms with E-state index in [4.69, 9.17) is 4.74 Å². The molecule has 0 saturated heterocycles. The second-order valence-corrected chi connectivity index (χ2v) is 6.54. The molecule has 0 saturated carbocycles. The maximum Gasteiger partial charge on any atom is 0.310 e. The molecule has 1 rings (SSSR count). The van der Waals surface area contributed by atoms with Gasteiger partial charge in [-0.15, -0.1) is 0 Å². The van der Waals surface area contributed by atoms with Crippen molar-refractivity contribution < 1.29 is 23.1 Å². The Balaban J connectivity index is 2.81. The molecule has 0 heterocycles. The van der Waals surface area contributed by atoms with Crippen LogP contribution in [0.3, 0.4) is 0 Å². The lowest BCUT2D eigenvalue weighted by atomic mass is 10.1. The van der Waals surface area contributed by atoms with E-state index in [-0.39, 0.29) is 12.1 Å². The van der Waals surface area contributed by atoms with Crippen molar-refractivity contribution in [1.82, 2.24) is 9.80 Å². The predicted octanol–water partition coefficient (Wildman–Crippen LogP) is 3.34. The number of rotatable bonds is 11. The largest absolute Gasteiger partial charge is 0.469 e. The van der Waals surface area contributed by atoms with Crippen LogP contribution in [0.1, 0.15) is 44.0 Å². The second-order valence-electron chi connectivity index (χ2n) is 6.54. The number of halogens is 2. The summed E-state index contributed by atoms with van der Waals surface area (Å²) in [7, 11) is 1.30. The summed E-state index contributed by atoms with van der Waals surface area (Å²) in [4.78, 5) is 28.3. The highest BCUT2D eigenvalue weighted by Gasteiger charge is 2.23. The van der Waals surface area contributed by atoms with Gasteiger partial charge in [-0.2, -0.15) is 0 Å². The number of methoxy groups -OCH3 is 1. The van der Waals surface area contributed by atoms with Crippen LogP contribution in [0.2, 0.25) is 0 Å². The lowest BCUT2D eigenvalue weighted by molar-refractivity contribution is -0.145. The van der Waals surface area contributed by atoms with Gasteiger partial charge in [-0.3, -0.25) is 9.59 Å². The van der Waals surface area contributed by atoms with Crippen LogP contribution in [-0.4, -0.2) is 61.5 Å². The Morgan fingerprint density at radius 1 is 1.07 bits per heavy atom. The smallest absolute Gasteiger partial charge is 0.310 e. The highest BCUT2D eigenvalue weighted by molar-refractivity contribution is 5.94. The van der Waals surface area contributed by atoms with E-state index >= 15 is 0 Å². The molecule has 0 aliphatic carbocycles. The quantitative estimate of drug-likeness (QED) is 0.434. The number of nitrogens with zero attached hydrogens (tertiary/aromatic N) is 2. The lowest BCUT2D eigenvalue weighted by Gasteiger charge is -2.26. The van der Waals surface area contributed by atoms with Crippen molar-refractivity contribution in [3.63, 3.8) is 0 Å². The van der Waals surface area contributed by atoms with E-state index in [1.165, 1.54) is 18.1 Å². The number of esters is 1. The predicted molar refractivity (Wildman–Crippen MR) is 100 cm³/mol. The van der Waals surface area contributed by atoms with Crippen molar-refractivity contribution in [2.75, 3.05) is 39.8 Å². The van der Waals surface area contributed by atoms with Crippen molar-refractivity contribution in [2.45, 2.75) is 33.6 Å². The molecule has 5 nitrogen and oxygen atoms in total. The molecule has 27 heavy (non-hydrogen) atoms. The monoisotopic (exact) mass is 384 g/mol. The first-order valence-corrected chi connectivity index (χ1v) is 9.38. The Hall–Kier alpha value is -2.02. The van der Waals surface area contributed by atoms with Crippen molar-refractivity contribution >= 4 is 11.9 Å². The maximum atomic E-state index is 13.5. The van der Waals surface area contributed by atoms with Gasteiger partial charge < -0.3 is 14.5 Å². The van der Waals surface area contributed by atoms with E-state index in [1.54, 1.807) is 6.92 Å². The Kier molecular flexibility index (Phi) is 9.93. The van der Waals surface area contributed by atoms with Crippen LogP contribution in [-0.2, 0) is 9.53 Å². The molecule has 0 bridgehead atoms.